The number of carbonyl (C=O) groups excluding carboxylic acids is 1. The molecule has 0 radical (unpaired) electrons. The molecule has 1 heterocycles. The van der Waals surface area contributed by atoms with E-state index in [4.69, 9.17) is 14.0 Å². The Labute approximate surface area is 170 Å². The number of nitrogens with zero attached hydrogens (tertiary/aromatic N) is 2. The third-order valence-electron chi connectivity index (χ3n) is 4.62. The summed E-state index contributed by atoms with van der Waals surface area (Å²) in [7, 11) is 3.20. The van der Waals surface area contributed by atoms with E-state index in [0.717, 1.165) is 16.7 Å². The van der Waals surface area contributed by atoms with Gasteiger partial charge in [0.05, 0.1) is 20.3 Å². The van der Waals surface area contributed by atoms with Gasteiger partial charge < -0.3 is 19.3 Å². The molecule has 0 saturated heterocycles. The molecule has 1 aromatic heterocycles. The van der Waals surface area contributed by atoms with E-state index in [1.165, 1.54) is 0 Å². The summed E-state index contributed by atoms with van der Waals surface area (Å²) < 4.78 is 15.9. The number of aromatic nitrogens is 2. The lowest BCUT2D eigenvalue weighted by Gasteiger charge is -2.18. The minimum atomic E-state index is -0.238. The molecule has 3 rings (SSSR count). The van der Waals surface area contributed by atoms with Crippen molar-refractivity contribution in [3.05, 3.63) is 59.5 Å². The smallest absolute Gasteiger partial charge is 0.227 e. The van der Waals surface area contributed by atoms with Crippen LogP contribution in [0.5, 0.6) is 11.5 Å². The molecule has 29 heavy (non-hydrogen) atoms. The van der Waals surface area contributed by atoms with Gasteiger partial charge in [0, 0.05) is 24.0 Å². The second kappa shape index (κ2) is 9.23. The molecule has 7 nitrogen and oxygen atoms in total. The number of amides is 1. The number of ether oxygens (including phenoxy) is 2. The summed E-state index contributed by atoms with van der Waals surface area (Å²) in [6.45, 7) is 3.92. The van der Waals surface area contributed by atoms with Gasteiger partial charge in [0.1, 0.15) is 11.5 Å². The maximum Gasteiger partial charge on any atom is 0.227 e. The standard InChI is InChI=1S/C22H25N3O4/c1-14-5-7-16(8-6-14)22-24-21(29-25-22)12-11-20(26)23-15(2)18-13-17(27-3)9-10-19(18)28-4/h5-10,13,15H,11-12H2,1-4H3,(H,23,26)/t15-/m1/s1. The number of carbonyl (C=O) groups is 1. The summed E-state index contributed by atoms with van der Waals surface area (Å²) in [6, 6.07) is 13.1. The largest absolute Gasteiger partial charge is 0.497 e. The number of aryl methyl sites for hydroxylation is 2. The Morgan fingerprint density at radius 1 is 1.14 bits per heavy atom. The molecular weight excluding hydrogens is 370 g/mol. The fourth-order valence-electron chi connectivity index (χ4n) is 2.97. The molecule has 0 saturated carbocycles. The highest BCUT2D eigenvalue weighted by atomic mass is 16.5. The Morgan fingerprint density at radius 2 is 1.90 bits per heavy atom. The second-order valence-electron chi connectivity index (χ2n) is 6.77. The molecule has 0 unspecified atom stereocenters. The lowest BCUT2D eigenvalue weighted by atomic mass is 10.1. The highest BCUT2D eigenvalue weighted by Crippen LogP contribution is 2.29. The van der Waals surface area contributed by atoms with Crippen LogP contribution in [-0.2, 0) is 11.2 Å². The SMILES string of the molecule is COc1ccc(OC)c([C@@H](C)NC(=O)CCc2nc(-c3ccc(C)cc3)no2)c1. The van der Waals surface area contributed by atoms with Crippen LogP contribution in [0.3, 0.4) is 0 Å². The lowest BCUT2D eigenvalue weighted by molar-refractivity contribution is -0.121. The topological polar surface area (TPSA) is 86.5 Å². The second-order valence-corrected chi connectivity index (χ2v) is 6.77. The van der Waals surface area contributed by atoms with Crippen molar-refractivity contribution < 1.29 is 18.8 Å². The molecular formula is C22H25N3O4. The molecule has 2 aromatic carbocycles. The zero-order valence-electron chi connectivity index (χ0n) is 17.1. The van der Waals surface area contributed by atoms with E-state index in [2.05, 4.69) is 15.5 Å². The minimum Gasteiger partial charge on any atom is -0.497 e. The Kier molecular flexibility index (Phi) is 6.49. The van der Waals surface area contributed by atoms with Crippen LogP contribution in [-0.4, -0.2) is 30.3 Å². The van der Waals surface area contributed by atoms with E-state index < -0.39 is 0 Å². The lowest BCUT2D eigenvalue weighted by Crippen LogP contribution is -2.27. The van der Waals surface area contributed by atoms with E-state index in [1.807, 2.05) is 56.3 Å². The average molecular weight is 395 g/mol. The van der Waals surface area contributed by atoms with E-state index in [9.17, 15) is 4.79 Å². The maximum absolute atomic E-state index is 12.4. The number of nitrogens with one attached hydrogen (secondary N) is 1. The van der Waals surface area contributed by atoms with Crippen LogP contribution in [0.4, 0.5) is 0 Å². The number of methoxy groups -OCH3 is 2. The van der Waals surface area contributed by atoms with Crippen LogP contribution >= 0.6 is 0 Å². The molecule has 1 amide bonds. The predicted molar refractivity (Wildman–Crippen MR) is 109 cm³/mol. The molecule has 0 fully saturated rings. The van der Waals surface area contributed by atoms with Crippen molar-refractivity contribution in [3.8, 4) is 22.9 Å². The van der Waals surface area contributed by atoms with Crippen molar-refractivity contribution in [2.24, 2.45) is 0 Å². The summed E-state index contributed by atoms with van der Waals surface area (Å²) in [5.41, 5.74) is 2.89. The highest BCUT2D eigenvalue weighted by molar-refractivity contribution is 5.76. The van der Waals surface area contributed by atoms with E-state index in [-0.39, 0.29) is 18.4 Å². The molecule has 1 atom stereocenters. The van der Waals surface area contributed by atoms with Crippen LogP contribution < -0.4 is 14.8 Å². The summed E-state index contributed by atoms with van der Waals surface area (Å²) >= 11 is 0. The zero-order valence-corrected chi connectivity index (χ0v) is 17.1. The molecule has 0 aliphatic rings. The van der Waals surface area contributed by atoms with Crippen LogP contribution in [0, 0.1) is 6.92 Å². The van der Waals surface area contributed by atoms with Crippen molar-refractivity contribution in [2.75, 3.05) is 14.2 Å². The van der Waals surface area contributed by atoms with Gasteiger partial charge in [0.25, 0.3) is 0 Å². The molecule has 0 aliphatic carbocycles. The molecule has 152 valence electrons. The van der Waals surface area contributed by atoms with Crippen molar-refractivity contribution in [1.29, 1.82) is 0 Å². The van der Waals surface area contributed by atoms with Gasteiger partial charge in [-0.1, -0.05) is 35.0 Å². The first-order valence-corrected chi connectivity index (χ1v) is 9.41. The number of hydrogen-bond donors (Lipinski definition) is 1. The predicted octanol–water partition coefficient (Wildman–Crippen LogP) is 3.87. The maximum atomic E-state index is 12.4. The first-order chi connectivity index (χ1) is 14.0. The van der Waals surface area contributed by atoms with Gasteiger partial charge in [-0.05, 0) is 32.0 Å². The third kappa shape index (κ3) is 5.13. The normalized spacial score (nSPS) is 11.7. The van der Waals surface area contributed by atoms with Crippen molar-refractivity contribution in [3.63, 3.8) is 0 Å². The number of hydrogen-bond acceptors (Lipinski definition) is 6. The van der Waals surface area contributed by atoms with Crippen LogP contribution in [0.25, 0.3) is 11.4 Å². The van der Waals surface area contributed by atoms with E-state index >= 15 is 0 Å². The van der Waals surface area contributed by atoms with E-state index in [0.29, 0.717) is 29.6 Å². The first kappa shape index (κ1) is 20.4. The Bertz CT molecular complexity index is 966. The Balaban J connectivity index is 1.58. The summed E-state index contributed by atoms with van der Waals surface area (Å²) in [5, 5.41) is 6.97. The van der Waals surface area contributed by atoms with Gasteiger partial charge in [0.2, 0.25) is 17.6 Å². The molecule has 0 aliphatic heterocycles. The monoisotopic (exact) mass is 395 g/mol. The fourth-order valence-corrected chi connectivity index (χ4v) is 2.97. The fraction of sp³-hybridized carbons (Fsp3) is 0.318. The summed E-state index contributed by atoms with van der Waals surface area (Å²) in [6.07, 6.45) is 0.610. The Morgan fingerprint density at radius 3 is 2.59 bits per heavy atom. The van der Waals surface area contributed by atoms with Gasteiger partial charge >= 0.3 is 0 Å². The van der Waals surface area contributed by atoms with Gasteiger partial charge in [-0.3, -0.25) is 4.79 Å². The van der Waals surface area contributed by atoms with Crippen molar-refractivity contribution in [1.82, 2.24) is 15.5 Å². The number of rotatable bonds is 8. The van der Waals surface area contributed by atoms with Crippen LogP contribution in [0.15, 0.2) is 47.0 Å². The van der Waals surface area contributed by atoms with Crippen LogP contribution in [0.2, 0.25) is 0 Å². The summed E-state index contributed by atoms with van der Waals surface area (Å²) in [4.78, 5) is 16.8. The van der Waals surface area contributed by atoms with Gasteiger partial charge in [0.15, 0.2) is 0 Å². The third-order valence-corrected chi connectivity index (χ3v) is 4.62. The molecule has 3 aromatic rings. The molecule has 0 spiro atoms. The molecule has 1 N–H and O–H groups in total. The molecule has 0 bridgehead atoms. The number of benzene rings is 2. The first-order valence-electron chi connectivity index (χ1n) is 9.41. The molecule has 7 heteroatoms. The van der Waals surface area contributed by atoms with Gasteiger partial charge in [-0.25, -0.2) is 0 Å². The van der Waals surface area contributed by atoms with Gasteiger partial charge in [-0.15, -0.1) is 0 Å². The minimum absolute atomic E-state index is 0.113. The van der Waals surface area contributed by atoms with E-state index in [1.54, 1.807) is 14.2 Å². The van der Waals surface area contributed by atoms with Gasteiger partial charge in [-0.2, -0.15) is 4.98 Å². The van der Waals surface area contributed by atoms with Crippen molar-refractivity contribution >= 4 is 5.91 Å². The average Bonchev–Trinajstić information content (AvgIpc) is 3.21. The van der Waals surface area contributed by atoms with Crippen LogP contribution in [0.1, 0.15) is 36.4 Å². The quantitative estimate of drug-likeness (QED) is 0.623. The Hall–Kier alpha value is -3.35. The summed E-state index contributed by atoms with van der Waals surface area (Å²) in [5.74, 6) is 2.24. The van der Waals surface area contributed by atoms with Crippen molar-refractivity contribution in [2.45, 2.75) is 32.7 Å². The zero-order chi connectivity index (χ0) is 20.8. The highest BCUT2D eigenvalue weighted by Gasteiger charge is 2.16.